The van der Waals surface area contributed by atoms with Gasteiger partial charge in [0.2, 0.25) is 5.95 Å². The van der Waals surface area contributed by atoms with E-state index in [0.29, 0.717) is 12.0 Å². The quantitative estimate of drug-likeness (QED) is 0.898. The number of nitrogens with one attached hydrogen (secondary N) is 1. The highest BCUT2D eigenvalue weighted by atomic mass is 15.3. The Balaban J connectivity index is 1.79. The van der Waals surface area contributed by atoms with Crippen molar-refractivity contribution in [1.29, 1.82) is 0 Å². The van der Waals surface area contributed by atoms with E-state index in [0.717, 1.165) is 44.5 Å². The lowest BCUT2D eigenvalue weighted by Crippen LogP contribution is -2.48. The number of rotatable bonds is 5. The fourth-order valence-corrected chi connectivity index (χ4v) is 3.84. The van der Waals surface area contributed by atoms with Crippen LogP contribution in [0.4, 0.5) is 11.8 Å². The van der Waals surface area contributed by atoms with Crippen molar-refractivity contribution in [2.75, 3.05) is 42.5 Å². The molecule has 0 radical (unpaired) electrons. The lowest BCUT2D eigenvalue weighted by atomic mass is 10.0. The molecule has 0 aliphatic carbocycles. The maximum Gasteiger partial charge on any atom is 0.227 e. The maximum atomic E-state index is 4.98. The predicted octanol–water partition coefficient (Wildman–Crippen LogP) is 3.07. The molecule has 0 unspecified atom stereocenters. The Morgan fingerprint density at radius 2 is 2.00 bits per heavy atom. The molecule has 1 atom stereocenters. The van der Waals surface area contributed by atoms with Crippen molar-refractivity contribution in [2.45, 2.75) is 58.4 Å². The van der Waals surface area contributed by atoms with Gasteiger partial charge in [0, 0.05) is 38.4 Å². The highest BCUT2D eigenvalue weighted by molar-refractivity contribution is 5.44. The molecule has 0 amide bonds. The monoisotopic (exact) mass is 331 g/mol. The minimum atomic E-state index is 0.514. The van der Waals surface area contributed by atoms with Gasteiger partial charge in [0.25, 0.3) is 0 Å². The van der Waals surface area contributed by atoms with Gasteiger partial charge < -0.3 is 15.1 Å². The Hall–Kier alpha value is -1.36. The second kappa shape index (κ2) is 8.65. The first kappa shape index (κ1) is 17.5. The third kappa shape index (κ3) is 4.59. The van der Waals surface area contributed by atoms with Gasteiger partial charge in [-0.25, -0.2) is 4.98 Å². The van der Waals surface area contributed by atoms with Crippen LogP contribution in [0, 0.1) is 5.92 Å². The summed E-state index contributed by atoms with van der Waals surface area (Å²) in [5.74, 6) is 2.64. The molecule has 2 saturated heterocycles. The molecular weight excluding hydrogens is 298 g/mol. The van der Waals surface area contributed by atoms with E-state index in [1.807, 2.05) is 6.20 Å². The maximum absolute atomic E-state index is 4.98. The Morgan fingerprint density at radius 3 is 2.67 bits per heavy atom. The molecular formula is C19H33N5. The van der Waals surface area contributed by atoms with Crippen LogP contribution in [0.1, 0.15) is 52.4 Å². The van der Waals surface area contributed by atoms with Crippen molar-refractivity contribution in [3.8, 4) is 0 Å². The number of nitrogens with zero attached hydrogens (tertiary/aromatic N) is 4. The number of hydrogen-bond acceptors (Lipinski definition) is 5. The summed E-state index contributed by atoms with van der Waals surface area (Å²) < 4.78 is 0. The summed E-state index contributed by atoms with van der Waals surface area (Å²) in [6, 6.07) is 2.60. The fraction of sp³-hybridized carbons (Fsp3) is 0.789. The van der Waals surface area contributed by atoms with Gasteiger partial charge >= 0.3 is 0 Å². The third-order valence-corrected chi connectivity index (χ3v) is 5.09. The Labute approximate surface area is 146 Å². The summed E-state index contributed by atoms with van der Waals surface area (Å²) in [7, 11) is 0. The van der Waals surface area contributed by atoms with Crippen molar-refractivity contribution in [3.63, 3.8) is 0 Å². The number of anilines is 2. The second-order valence-corrected chi connectivity index (χ2v) is 7.66. The zero-order valence-corrected chi connectivity index (χ0v) is 15.4. The van der Waals surface area contributed by atoms with Gasteiger partial charge in [-0.3, -0.25) is 0 Å². The van der Waals surface area contributed by atoms with Crippen LogP contribution >= 0.6 is 0 Å². The van der Waals surface area contributed by atoms with Crippen LogP contribution in [0.15, 0.2) is 12.3 Å². The Kier molecular flexibility index (Phi) is 6.30. The van der Waals surface area contributed by atoms with Gasteiger partial charge in [0.05, 0.1) is 0 Å². The fourth-order valence-electron chi connectivity index (χ4n) is 3.84. The SMILES string of the molecule is CC(C)CN(c1nccc(N2CCCCCC2)n1)[C@H]1CCCNC1. The molecule has 0 aromatic carbocycles. The number of hydrogen-bond donors (Lipinski definition) is 1. The van der Waals surface area contributed by atoms with E-state index in [9.17, 15) is 0 Å². The van der Waals surface area contributed by atoms with E-state index in [-0.39, 0.29) is 0 Å². The van der Waals surface area contributed by atoms with Crippen molar-refractivity contribution in [3.05, 3.63) is 12.3 Å². The molecule has 2 fully saturated rings. The van der Waals surface area contributed by atoms with Crippen molar-refractivity contribution in [1.82, 2.24) is 15.3 Å². The van der Waals surface area contributed by atoms with Crippen LogP contribution in [0.3, 0.4) is 0 Å². The van der Waals surface area contributed by atoms with E-state index in [2.05, 4.69) is 40.0 Å². The Morgan fingerprint density at radius 1 is 1.21 bits per heavy atom. The normalized spacial score (nSPS) is 22.5. The van der Waals surface area contributed by atoms with Gasteiger partial charge in [0.15, 0.2) is 0 Å². The summed E-state index contributed by atoms with van der Waals surface area (Å²) in [5, 5.41) is 3.54. The van der Waals surface area contributed by atoms with E-state index in [4.69, 9.17) is 4.98 Å². The van der Waals surface area contributed by atoms with Crippen LogP contribution in [-0.4, -0.2) is 48.7 Å². The van der Waals surface area contributed by atoms with Crippen LogP contribution < -0.4 is 15.1 Å². The highest BCUT2D eigenvalue weighted by Crippen LogP contribution is 2.23. The topological polar surface area (TPSA) is 44.3 Å². The zero-order chi connectivity index (χ0) is 16.8. The smallest absolute Gasteiger partial charge is 0.227 e. The molecule has 1 aromatic heterocycles. The van der Waals surface area contributed by atoms with Crippen molar-refractivity contribution in [2.24, 2.45) is 5.92 Å². The lowest BCUT2D eigenvalue weighted by molar-refractivity contribution is 0.412. The molecule has 1 N–H and O–H groups in total. The number of piperidine rings is 1. The van der Waals surface area contributed by atoms with E-state index in [1.54, 1.807) is 0 Å². The summed E-state index contributed by atoms with van der Waals surface area (Å²) in [5.41, 5.74) is 0. The molecule has 24 heavy (non-hydrogen) atoms. The molecule has 0 bridgehead atoms. The first-order valence-electron chi connectivity index (χ1n) is 9.79. The minimum Gasteiger partial charge on any atom is -0.356 e. The summed E-state index contributed by atoms with van der Waals surface area (Å²) >= 11 is 0. The zero-order valence-electron chi connectivity index (χ0n) is 15.4. The summed E-state index contributed by atoms with van der Waals surface area (Å²) in [6.45, 7) is 10.0. The highest BCUT2D eigenvalue weighted by Gasteiger charge is 2.24. The summed E-state index contributed by atoms with van der Waals surface area (Å²) in [6.07, 6.45) is 9.68. The standard InChI is InChI=1S/C19H33N5/c1-16(2)15-24(17-8-7-10-20-14-17)19-21-11-9-18(22-19)23-12-5-3-4-6-13-23/h9,11,16-17,20H,3-8,10,12-15H2,1-2H3/t17-/m0/s1. The first-order valence-corrected chi connectivity index (χ1v) is 9.79. The molecule has 2 aliphatic rings. The molecule has 3 heterocycles. The van der Waals surface area contributed by atoms with Gasteiger partial charge in [-0.05, 0) is 44.2 Å². The molecule has 2 aliphatic heterocycles. The first-order chi connectivity index (χ1) is 11.7. The number of aromatic nitrogens is 2. The Bertz CT molecular complexity index is 490. The van der Waals surface area contributed by atoms with Crippen LogP contribution in [0.25, 0.3) is 0 Å². The van der Waals surface area contributed by atoms with Crippen LogP contribution in [0.2, 0.25) is 0 Å². The van der Waals surface area contributed by atoms with Gasteiger partial charge in [-0.15, -0.1) is 0 Å². The molecule has 134 valence electrons. The summed E-state index contributed by atoms with van der Waals surface area (Å²) in [4.78, 5) is 14.5. The van der Waals surface area contributed by atoms with Crippen LogP contribution in [0.5, 0.6) is 0 Å². The average Bonchev–Trinajstić information content (AvgIpc) is 2.90. The largest absolute Gasteiger partial charge is 0.356 e. The molecule has 5 nitrogen and oxygen atoms in total. The molecule has 0 saturated carbocycles. The van der Waals surface area contributed by atoms with Crippen molar-refractivity contribution < 1.29 is 0 Å². The predicted molar refractivity (Wildman–Crippen MR) is 101 cm³/mol. The van der Waals surface area contributed by atoms with E-state index >= 15 is 0 Å². The molecule has 1 aromatic rings. The minimum absolute atomic E-state index is 0.514. The average molecular weight is 332 g/mol. The molecule has 3 rings (SSSR count). The second-order valence-electron chi connectivity index (χ2n) is 7.66. The molecule has 0 spiro atoms. The van der Waals surface area contributed by atoms with E-state index < -0.39 is 0 Å². The molecule has 5 heteroatoms. The van der Waals surface area contributed by atoms with Gasteiger partial charge in [-0.1, -0.05) is 26.7 Å². The lowest BCUT2D eigenvalue weighted by Gasteiger charge is -2.36. The van der Waals surface area contributed by atoms with Crippen LogP contribution in [-0.2, 0) is 0 Å². The van der Waals surface area contributed by atoms with Gasteiger partial charge in [0.1, 0.15) is 5.82 Å². The van der Waals surface area contributed by atoms with Gasteiger partial charge in [-0.2, -0.15) is 4.98 Å². The van der Waals surface area contributed by atoms with Crippen molar-refractivity contribution >= 4 is 11.8 Å². The third-order valence-electron chi connectivity index (χ3n) is 5.09. The van der Waals surface area contributed by atoms with E-state index in [1.165, 1.54) is 38.5 Å².